The van der Waals surface area contributed by atoms with Crippen molar-refractivity contribution in [2.24, 2.45) is 0 Å². The van der Waals surface area contributed by atoms with Gasteiger partial charge in [0, 0.05) is 14.0 Å². The molecule has 0 aliphatic carbocycles. The highest BCUT2D eigenvalue weighted by molar-refractivity contribution is 14.1. The Bertz CT molecular complexity index is 285. The predicted molar refractivity (Wildman–Crippen MR) is 63.3 cm³/mol. The number of amides is 1. The molecule has 0 aromatic carbocycles. The lowest BCUT2D eigenvalue weighted by molar-refractivity contribution is -0.145. The van der Waals surface area contributed by atoms with Crippen molar-refractivity contribution in [3.05, 3.63) is 0 Å². The Hall–Kier alpha value is -0.570. The smallest absolute Gasteiger partial charge is 0.411 e. The third-order valence-electron chi connectivity index (χ3n) is 2.28. The van der Waals surface area contributed by atoms with Crippen LogP contribution < -0.4 is 0 Å². The van der Waals surface area contributed by atoms with E-state index in [9.17, 15) is 9.59 Å². The highest BCUT2D eigenvalue weighted by Gasteiger charge is 2.45. The van der Waals surface area contributed by atoms with E-state index < -0.39 is 12.3 Å². The quantitative estimate of drug-likeness (QED) is 0.421. The van der Waals surface area contributed by atoms with Crippen molar-refractivity contribution >= 4 is 34.7 Å². The van der Waals surface area contributed by atoms with E-state index in [2.05, 4.69) is 27.3 Å². The molecule has 6 nitrogen and oxygen atoms in total. The van der Waals surface area contributed by atoms with E-state index in [4.69, 9.17) is 9.47 Å². The molecule has 0 aromatic heterocycles. The molecule has 0 aromatic rings. The minimum atomic E-state index is -0.483. The van der Waals surface area contributed by atoms with E-state index in [1.807, 2.05) is 0 Å². The summed E-state index contributed by atoms with van der Waals surface area (Å²) in [7, 11) is 2.80. The number of methoxy groups -OCH3 is 2. The van der Waals surface area contributed by atoms with Crippen LogP contribution in [-0.4, -0.2) is 54.0 Å². The molecule has 1 rings (SSSR count). The second-order valence-corrected chi connectivity index (χ2v) is 4.78. The van der Waals surface area contributed by atoms with E-state index in [0.717, 1.165) is 0 Å². The zero-order valence-corrected chi connectivity index (χ0v) is 11.5. The molecule has 1 amide bonds. The second kappa shape index (κ2) is 5.67. The molecular weight excluding hydrogens is 329 g/mol. The maximum absolute atomic E-state index is 11.4. The van der Waals surface area contributed by atoms with Gasteiger partial charge in [-0.05, 0) is 0 Å². The van der Waals surface area contributed by atoms with Crippen LogP contribution in [0.1, 0.15) is 6.92 Å². The molecule has 1 saturated heterocycles. The van der Waals surface area contributed by atoms with E-state index in [-0.39, 0.29) is 16.0 Å². The Morgan fingerprint density at radius 3 is 2.44 bits per heavy atom. The largest absolute Gasteiger partial charge is 0.459 e. The van der Waals surface area contributed by atoms with E-state index in [1.54, 1.807) is 0 Å². The fourth-order valence-electron chi connectivity index (χ4n) is 1.62. The van der Waals surface area contributed by atoms with Gasteiger partial charge in [-0.25, -0.2) is 4.79 Å². The first-order valence-electron chi connectivity index (χ1n) is 4.70. The van der Waals surface area contributed by atoms with Crippen LogP contribution in [0, 0.1) is 0 Å². The van der Waals surface area contributed by atoms with Gasteiger partial charge in [-0.3, -0.25) is 9.69 Å². The summed E-state index contributed by atoms with van der Waals surface area (Å²) in [6.07, 6.45) is -1.28. The van der Waals surface area contributed by atoms with E-state index >= 15 is 0 Å². The summed E-state index contributed by atoms with van der Waals surface area (Å²) in [5.74, 6) is -0.367. The van der Waals surface area contributed by atoms with Crippen LogP contribution in [0.4, 0.5) is 4.79 Å². The number of hydrogen-bond acceptors (Lipinski definition) is 5. The van der Waals surface area contributed by atoms with Gasteiger partial charge in [0.05, 0.1) is 17.6 Å². The van der Waals surface area contributed by atoms with E-state index in [0.29, 0.717) is 6.54 Å². The maximum atomic E-state index is 11.4. The minimum Gasteiger partial charge on any atom is -0.459 e. The summed E-state index contributed by atoms with van der Waals surface area (Å²) in [6.45, 7) is 1.63. The number of likely N-dealkylation sites (tertiary alicyclic amines) is 1. The third kappa shape index (κ3) is 2.76. The first-order valence-corrected chi connectivity index (χ1v) is 5.94. The van der Waals surface area contributed by atoms with Crippen LogP contribution in [0.2, 0.25) is 0 Å². The molecule has 0 bridgehead atoms. The van der Waals surface area contributed by atoms with Crippen LogP contribution in [-0.2, 0) is 19.0 Å². The highest BCUT2D eigenvalue weighted by Crippen LogP contribution is 2.28. The van der Waals surface area contributed by atoms with Crippen LogP contribution in [0.25, 0.3) is 0 Å². The van der Waals surface area contributed by atoms with Crippen molar-refractivity contribution < 1.29 is 23.8 Å². The summed E-state index contributed by atoms with van der Waals surface area (Å²) >= 11 is 2.10. The fourth-order valence-corrected chi connectivity index (χ4v) is 2.68. The van der Waals surface area contributed by atoms with Crippen molar-refractivity contribution in [2.75, 3.05) is 20.8 Å². The van der Waals surface area contributed by atoms with Crippen molar-refractivity contribution in [3.63, 3.8) is 0 Å². The third-order valence-corrected chi connectivity index (χ3v) is 3.70. The summed E-state index contributed by atoms with van der Waals surface area (Å²) < 4.78 is 14.8. The van der Waals surface area contributed by atoms with Crippen molar-refractivity contribution in [3.8, 4) is 0 Å². The molecule has 0 N–H and O–H groups in total. The Balaban J connectivity index is 2.74. The first kappa shape index (κ1) is 13.5. The van der Waals surface area contributed by atoms with E-state index in [1.165, 1.54) is 26.0 Å². The zero-order valence-electron chi connectivity index (χ0n) is 9.31. The number of alkyl halides is 1. The number of carbonyl (C=O) groups excluding carboxylic acids is 2. The average Bonchev–Trinajstić information content (AvgIpc) is 2.54. The summed E-state index contributed by atoms with van der Waals surface area (Å²) in [6, 6.07) is 0. The topological polar surface area (TPSA) is 65.1 Å². The standard InChI is InChI=1S/C9H14INO5/c1-5(12)16-6-4-11(9(13)15-3)8(14-2)7(6)10/h6-8H,4H2,1-3H3/t6-,7+,8-/m0/s1. The van der Waals surface area contributed by atoms with Gasteiger partial charge >= 0.3 is 12.1 Å². The van der Waals surface area contributed by atoms with Gasteiger partial charge in [0.1, 0.15) is 6.10 Å². The average molecular weight is 343 g/mol. The summed E-state index contributed by atoms with van der Waals surface area (Å²) in [4.78, 5) is 23.7. The molecule has 0 spiro atoms. The number of esters is 1. The van der Waals surface area contributed by atoms with Crippen molar-refractivity contribution in [1.82, 2.24) is 4.90 Å². The van der Waals surface area contributed by atoms with Crippen molar-refractivity contribution in [2.45, 2.75) is 23.2 Å². The van der Waals surface area contributed by atoms with Gasteiger partial charge in [0.25, 0.3) is 0 Å². The minimum absolute atomic E-state index is 0.106. The molecule has 3 atom stereocenters. The van der Waals surface area contributed by atoms with Crippen LogP contribution in [0.5, 0.6) is 0 Å². The van der Waals surface area contributed by atoms with Gasteiger partial charge in [0.2, 0.25) is 0 Å². The molecule has 1 fully saturated rings. The lowest BCUT2D eigenvalue weighted by Crippen LogP contribution is -2.39. The SMILES string of the molecule is COC(=O)N1C[C@H](OC(C)=O)[C@@H](I)[C@@H]1OC. The van der Waals surface area contributed by atoms with Gasteiger partial charge < -0.3 is 14.2 Å². The zero-order chi connectivity index (χ0) is 12.3. The Kier molecular flexibility index (Phi) is 4.78. The monoisotopic (exact) mass is 343 g/mol. The van der Waals surface area contributed by atoms with Gasteiger partial charge in [-0.1, -0.05) is 22.6 Å². The van der Waals surface area contributed by atoms with Crippen LogP contribution in [0.3, 0.4) is 0 Å². The molecule has 7 heteroatoms. The Morgan fingerprint density at radius 1 is 1.38 bits per heavy atom. The lowest BCUT2D eigenvalue weighted by atomic mass is 10.3. The lowest BCUT2D eigenvalue weighted by Gasteiger charge is -2.22. The number of carbonyl (C=O) groups is 2. The number of halogens is 1. The first-order chi connectivity index (χ1) is 7.51. The number of ether oxygens (including phenoxy) is 3. The molecule has 1 aliphatic heterocycles. The Morgan fingerprint density at radius 2 is 2.00 bits per heavy atom. The molecule has 0 unspecified atom stereocenters. The molecule has 16 heavy (non-hydrogen) atoms. The predicted octanol–water partition coefficient (Wildman–Crippen LogP) is 0.776. The second-order valence-electron chi connectivity index (χ2n) is 3.34. The summed E-state index contributed by atoms with van der Waals surface area (Å²) in [5.41, 5.74) is 0. The maximum Gasteiger partial charge on any atom is 0.411 e. The Labute approximate surface area is 107 Å². The molecule has 1 aliphatic rings. The van der Waals surface area contributed by atoms with Crippen molar-refractivity contribution in [1.29, 1.82) is 0 Å². The molecular formula is C9H14INO5. The normalized spacial score (nSPS) is 29.0. The molecule has 92 valence electrons. The highest BCUT2D eigenvalue weighted by atomic mass is 127. The van der Waals surface area contributed by atoms with Gasteiger partial charge in [-0.15, -0.1) is 0 Å². The molecule has 1 heterocycles. The number of hydrogen-bond donors (Lipinski definition) is 0. The number of rotatable bonds is 2. The number of nitrogens with zero attached hydrogens (tertiary/aromatic N) is 1. The van der Waals surface area contributed by atoms with Gasteiger partial charge in [-0.2, -0.15) is 0 Å². The van der Waals surface area contributed by atoms with Crippen LogP contribution in [0.15, 0.2) is 0 Å². The molecule has 0 radical (unpaired) electrons. The molecule has 0 saturated carbocycles. The fraction of sp³-hybridized carbons (Fsp3) is 0.778. The van der Waals surface area contributed by atoms with Gasteiger partial charge in [0.15, 0.2) is 6.23 Å². The summed E-state index contributed by atoms with van der Waals surface area (Å²) in [5, 5.41) is 0. The van der Waals surface area contributed by atoms with Crippen LogP contribution >= 0.6 is 22.6 Å².